The first kappa shape index (κ1) is 14.1. The van der Waals surface area contributed by atoms with Crippen molar-refractivity contribution in [1.29, 1.82) is 0 Å². The van der Waals surface area contributed by atoms with Crippen LogP contribution in [0.25, 0.3) is 0 Å². The summed E-state index contributed by atoms with van der Waals surface area (Å²) in [6, 6.07) is 0. The summed E-state index contributed by atoms with van der Waals surface area (Å²) in [7, 11) is 1.39. The van der Waals surface area contributed by atoms with Crippen molar-refractivity contribution in [3.63, 3.8) is 0 Å². The van der Waals surface area contributed by atoms with Gasteiger partial charge in [-0.1, -0.05) is 13.8 Å². The van der Waals surface area contributed by atoms with Crippen LogP contribution >= 0.6 is 0 Å². The van der Waals surface area contributed by atoms with Crippen LogP contribution < -0.4 is 11.2 Å². The molecule has 0 amide bonds. The molecule has 7 heteroatoms. The average molecular weight is 255 g/mol. The SMILES string of the molecule is CCOC(=O)c1nn(C)c(=O)n(CC(C)C)c1=O. The quantitative estimate of drug-likeness (QED) is 0.694. The Hall–Kier alpha value is -1.92. The number of aryl methyl sites for hydroxylation is 1. The molecule has 0 aliphatic heterocycles. The van der Waals surface area contributed by atoms with E-state index in [-0.39, 0.29) is 24.8 Å². The van der Waals surface area contributed by atoms with Gasteiger partial charge < -0.3 is 4.74 Å². The number of aromatic nitrogens is 3. The number of ether oxygens (including phenoxy) is 1. The second-order valence-electron chi connectivity index (χ2n) is 4.28. The van der Waals surface area contributed by atoms with E-state index in [1.54, 1.807) is 6.92 Å². The second kappa shape index (κ2) is 5.61. The summed E-state index contributed by atoms with van der Waals surface area (Å²) >= 11 is 0. The van der Waals surface area contributed by atoms with Crippen LogP contribution in [-0.2, 0) is 18.3 Å². The lowest BCUT2D eigenvalue weighted by Crippen LogP contribution is -2.44. The number of esters is 1. The zero-order valence-corrected chi connectivity index (χ0v) is 11.0. The standard InChI is InChI=1S/C11H17N3O4/c1-5-18-10(16)8-9(15)14(6-7(2)3)11(17)13(4)12-8/h7H,5-6H2,1-4H3. The third-order valence-corrected chi connectivity index (χ3v) is 2.22. The molecule has 0 aromatic carbocycles. The Balaban J connectivity index is 3.40. The van der Waals surface area contributed by atoms with Crippen molar-refractivity contribution >= 4 is 5.97 Å². The molecule has 18 heavy (non-hydrogen) atoms. The average Bonchev–Trinajstić information content (AvgIpc) is 2.29. The largest absolute Gasteiger partial charge is 0.461 e. The van der Waals surface area contributed by atoms with Gasteiger partial charge in [-0.05, 0) is 12.8 Å². The lowest BCUT2D eigenvalue weighted by molar-refractivity contribution is 0.0512. The minimum absolute atomic E-state index is 0.104. The van der Waals surface area contributed by atoms with Crippen LogP contribution in [0.1, 0.15) is 31.3 Å². The maximum atomic E-state index is 12.0. The highest BCUT2D eigenvalue weighted by molar-refractivity contribution is 5.86. The van der Waals surface area contributed by atoms with Crippen LogP contribution in [0.5, 0.6) is 0 Å². The predicted molar refractivity (Wildman–Crippen MR) is 64.5 cm³/mol. The van der Waals surface area contributed by atoms with Crippen molar-refractivity contribution in [3.05, 3.63) is 26.5 Å². The molecule has 0 bridgehead atoms. The molecule has 0 unspecified atom stereocenters. The van der Waals surface area contributed by atoms with Gasteiger partial charge in [0.25, 0.3) is 5.56 Å². The number of hydrogen-bond donors (Lipinski definition) is 0. The number of carbonyl (C=O) groups excluding carboxylic acids is 1. The maximum Gasteiger partial charge on any atom is 0.364 e. The van der Waals surface area contributed by atoms with Gasteiger partial charge in [0.2, 0.25) is 5.69 Å². The molecular weight excluding hydrogens is 238 g/mol. The first-order chi connectivity index (χ1) is 8.38. The van der Waals surface area contributed by atoms with E-state index in [0.717, 1.165) is 9.25 Å². The van der Waals surface area contributed by atoms with Gasteiger partial charge in [0.05, 0.1) is 6.61 Å². The number of hydrogen-bond acceptors (Lipinski definition) is 5. The molecule has 0 saturated heterocycles. The summed E-state index contributed by atoms with van der Waals surface area (Å²) in [6.45, 7) is 5.76. The Bertz CT molecular complexity index is 556. The summed E-state index contributed by atoms with van der Waals surface area (Å²) in [5.74, 6) is -0.705. The minimum Gasteiger partial charge on any atom is -0.461 e. The van der Waals surface area contributed by atoms with Crippen LogP contribution in [0.15, 0.2) is 9.59 Å². The van der Waals surface area contributed by atoms with Gasteiger partial charge in [-0.2, -0.15) is 5.10 Å². The summed E-state index contributed by atoms with van der Waals surface area (Å²) < 4.78 is 6.71. The van der Waals surface area contributed by atoms with Crippen molar-refractivity contribution < 1.29 is 9.53 Å². The van der Waals surface area contributed by atoms with Gasteiger partial charge in [-0.25, -0.2) is 14.3 Å². The van der Waals surface area contributed by atoms with Gasteiger partial charge in [0.15, 0.2) is 0 Å². The number of nitrogens with zero attached hydrogens (tertiary/aromatic N) is 3. The van der Waals surface area contributed by atoms with Crippen molar-refractivity contribution in [2.45, 2.75) is 27.3 Å². The zero-order valence-electron chi connectivity index (χ0n) is 11.0. The first-order valence-corrected chi connectivity index (χ1v) is 5.73. The van der Waals surface area contributed by atoms with E-state index in [9.17, 15) is 14.4 Å². The molecule has 0 radical (unpaired) electrons. The fourth-order valence-corrected chi connectivity index (χ4v) is 1.48. The lowest BCUT2D eigenvalue weighted by Gasteiger charge is -2.10. The molecule has 1 aromatic rings. The molecule has 0 aliphatic carbocycles. The zero-order chi connectivity index (χ0) is 13.9. The van der Waals surface area contributed by atoms with Crippen molar-refractivity contribution in [2.75, 3.05) is 6.61 Å². The van der Waals surface area contributed by atoms with Crippen molar-refractivity contribution in [1.82, 2.24) is 14.3 Å². The molecule has 0 spiro atoms. The normalized spacial score (nSPS) is 10.7. The van der Waals surface area contributed by atoms with E-state index in [0.29, 0.717) is 0 Å². The molecular formula is C11H17N3O4. The fourth-order valence-electron chi connectivity index (χ4n) is 1.48. The van der Waals surface area contributed by atoms with E-state index < -0.39 is 17.2 Å². The third kappa shape index (κ3) is 2.85. The van der Waals surface area contributed by atoms with Crippen LogP contribution in [0.2, 0.25) is 0 Å². The first-order valence-electron chi connectivity index (χ1n) is 5.73. The molecule has 0 saturated carbocycles. The Morgan fingerprint density at radius 3 is 2.50 bits per heavy atom. The number of carbonyl (C=O) groups is 1. The van der Waals surface area contributed by atoms with Gasteiger partial charge in [0.1, 0.15) is 0 Å². The monoisotopic (exact) mass is 255 g/mol. The Morgan fingerprint density at radius 2 is 2.00 bits per heavy atom. The molecule has 100 valence electrons. The summed E-state index contributed by atoms with van der Waals surface area (Å²) in [6.07, 6.45) is 0. The van der Waals surface area contributed by atoms with E-state index in [2.05, 4.69) is 5.10 Å². The molecule has 0 N–H and O–H groups in total. The van der Waals surface area contributed by atoms with Crippen LogP contribution in [0, 0.1) is 5.92 Å². The van der Waals surface area contributed by atoms with Gasteiger partial charge in [0, 0.05) is 13.6 Å². The maximum absolute atomic E-state index is 12.0. The molecule has 1 rings (SSSR count). The van der Waals surface area contributed by atoms with E-state index in [1.807, 2.05) is 13.8 Å². The summed E-state index contributed by atoms with van der Waals surface area (Å²) in [4.78, 5) is 35.3. The third-order valence-electron chi connectivity index (χ3n) is 2.22. The highest BCUT2D eigenvalue weighted by Gasteiger charge is 2.19. The fraction of sp³-hybridized carbons (Fsp3) is 0.636. The van der Waals surface area contributed by atoms with E-state index in [4.69, 9.17) is 4.74 Å². The van der Waals surface area contributed by atoms with E-state index in [1.165, 1.54) is 7.05 Å². The second-order valence-corrected chi connectivity index (χ2v) is 4.28. The molecule has 1 aromatic heterocycles. The van der Waals surface area contributed by atoms with Crippen molar-refractivity contribution in [2.24, 2.45) is 13.0 Å². The highest BCUT2D eigenvalue weighted by Crippen LogP contribution is 1.94. The van der Waals surface area contributed by atoms with Crippen LogP contribution in [-0.4, -0.2) is 26.9 Å². The van der Waals surface area contributed by atoms with Gasteiger partial charge >= 0.3 is 11.7 Å². The minimum atomic E-state index is -0.810. The summed E-state index contributed by atoms with van der Waals surface area (Å²) in [5, 5.41) is 3.66. The molecule has 0 aliphatic rings. The highest BCUT2D eigenvalue weighted by atomic mass is 16.5. The Labute approximate surface area is 104 Å². The predicted octanol–water partition coefficient (Wildman–Crippen LogP) is -0.225. The van der Waals surface area contributed by atoms with Crippen LogP contribution in [0.4, 0.5) is 0 Å². The van der Waals surface area contributed by atoms with Gasteiger partial charge in [-0.15, -0.1) is 0 Å². The molecule has 1 heterocycles. The van der Waals surface area contributed by atoms with Gasteiger partial charge in [-0.3, -0.25) is 9.36 Å². The Morgan fingerprint density at radius 1 is 1.39 bits per heavy atom. The number of rotatable bonds is 4. The topological polar surface area (TPSA) is 83.2 Å². The molecule has 0 fully saturated rings. The molecule has 0 atom stereocenters. The van der Waals surface area contributed by atoms with Crippen LogP contribution in [0.3, 0.4) is 0 Å². The van der Waals surface area contributed by atoms with E-state index >= 15 is 0 Å². The Kier molecular flexibility index (Phi) is 4.41. The summed E-state index contributed by atoms with van der Waals surface area (Å²) in [5.41, 5.74) is -1.61. The smallest absolute Gasteiger partial charge is 0.364 e. The molecule has 7 nitrogen and oxygen atoms in total. The lowest BCUT2D eigenvalue weighted by atomic mass is 10.2. The van der Waals surface area contributed by atoms with Crippen molar-refractivity contribution in [3.8, 4) is 0 Å².